The van der Waals surface area contributed by atoms with Crippen LogP contribution < -0.4 is 5.32 Å². The highest BCUT2D eigenvalue weighted by atomic mass is 32.2. The van der Waals surface area contributed by atoms with Crippen LogP contribution in [0, 0.1) is 10.1 Å². The van der Waals surface area contributed by atoms with Gasteiger partial charge in [0.25, 0.3) is 11.6 Å². The van der Waals surface area contributed by atoms with Gasteiger partial charge in [0, 0.05) is 17.0 Å². The number of aliphatic carboxylic acids is 1. The second-order valence-corrected chi connectivity index (χ2v) is 5.45. The standard InChI is InChI=1S/C13H16N2O5S/c1-3-10(13(17)18)14-12(16)9-7-8(15(19)20)5-6-11(9)21-4-2/h5-7,10H,3-4H2,1-2H3,(H,14,16)(H,17,18). The zero-order valence-corrected chi connectivity index (χ0v) is 12.5. The van der Waals surface area contributed by atoms with E-state index in [1.54, 1.807) is 6.92 Å². The second-order valence-electron chi connectivity index (χ2n) is 4.14. The van der Waals surface area contributed by atoms with Gasteiger partial charge in [-0.25, -0.2) is 4.79 Å². The van der Waals surface area contributed by atoms with Crippen molar-refractivity contribution in [2.24, 2.45) is 0 Å². The lowest BCUT2D eigenvalue weighted by molar-refractivity contribution is -0.384. The summed E-state index contributed by atoms with van der Waals surface area (Å²) >= 11 is 1.36. The Balaban J connectivity index is 3.12. The fourth-order valence-corrected chi connectivity index (χ4v) is 2.45. The number of nitro groups is 1. The number of nitrogens with one attached hydrogen (secondary N) is 1. The van der Waals surface area contributed by atoms with Crippen molar-refractivity contribution in [3.05, 3.63) is 33.9 Å². The molecule has 2 N–H and O–H groups in total. The van der Waals surface area contributed by atoms with E-state index in [-0.39, 0.29) is 17.7 Å². The molecule has 0 aliphatic carbocycles. The van der Waals surface area contributed by atoms with Crippen LogP contribution in [0.25, 0.3) is 0 Å². The summed E-state index contributed by atoms with van der Waals surface area (Å²) in [4.78, 5) is 33.9. The van der Waals surface area contributed by atoms with E-state index >= 15 is 0 Å². The summed E-state index contributed by atoms with van der Waals surface area (Å²) in [6.45, 7) is 3.52. The maximum atomic E-state index is 12.2. The third-order valence-electron chi connectivity index (χ3n) is 2.73. The number of nitrogens with zero attached hydrogens (tertiary/aromatic N) is 1. The lowest BCUT2D eigenvalue weighted by Crippen LogP contribution is -2.40. The quantitative estimate of drug-likeness (QED) is 0.454. The van der Waals surface area contributed by atoms with Crippen LogP contribution in [0.15, 0.2) is 23.1 Å². The van der Waals surface area contributed by atoms with Gasteiger partial charge in [-0.15, -0.1) is 11.8 Å². The SMILES string of the molecule is CCSc1ccc([N+](=O)[O-])cc1C(=O)NC(CC)C(=O)O. The zero-order valence-electron chi connectivity index (χ0n) is 11.7. The average molecular weight is 312 g/mol. The van der Waals surface area contributed by atoms with Gasteiger partial charge in [-0.2, -0.15) is 0 Å². The van der Waals surface area contributed by atoms with Crippen LogP contribution in [0.1, 0.15) is 30.6 Å². The van der Waals surface area contributed by atoms with E-state index in [4.69, 9.17) is 5.11 Å². The third kappa shape index (κ3) is 4.45. The van der Waals surface area contributed by atoms with Gasteiger partial charge in [-0.05, 0) is 18.2 Å². The lowest BCUT2D eigenvalue weighted by atomic mass is 10.1. The number of non-ortho nitro benzene ring substituents is 1. The van der Waals surface area contributed by atoms with Crippen molar-refractivity contribution < 1.29 is 19.6 Å². The number of hydrogen-bond donors (Lipinski definition) is 2. The summed E-state index contributed by atoms with van der Waals surface area (Å²) in [6, 6.07) is 2.98. The number of nitro benzene ring substituents is 1. The Morgan fingerprint density at radius 3 is 2.57 bits per heavy atom. The van der Waals surface area contributed by atoms with Crippen LogP contribution in [-0.4, -0.2) is 33.7 Å². The van der Waals surface area contributed by atoms with Gasteiger partial charge in [-0.1, -0.05) is 13.8 Å². The number of rotatable bonds is 7. The molecule has 21 heavy (non-hydrogen) atoms. The molecule has 0 radical (unpaired) electrons. The van der Waals surface area contributed by atoms with Crippen LogP contribution in [0.5, 0.6) is 0 Å². The maximum absolute atomic E-state index is 12.2. The Bertz CT molecular complexity index is 561. The van der Waals surface area contributed by atoms with Gasteiger partial charge in [-0.3, -0.25) is 14.9 Å². The molecule has 8 heteroatoms. The predicted octanol–water partition coefficient (Wildman–Crippen LogP) is 2.30. The van der Waals surface area contributed by atoms with Crippen LogP contribution in [0.2, 0.25) is 0 Å². The number of amides is 1. The lowest BCUT2D eigenvalue weighted by Gasteiger charge is -2.14. The van der Waals surface area contributed by atoms with E-state index < -0.39 is 22.8 Å². The highest BCUT2D eigenvalue weighted by Crippen LogP contribution is 2.26. The zero-order chi connectivity index (χ0) is 16.0. The van der Waals surface area contributed by atoms with Crippen molar-refractivity contribution in [3.8, 4) is 0 Å². The molecule has 1 aromatic rings. The fourth-order valence-electron chi connectivity index (χ4n) is 1.66. The first kappa shape index (κ1) is 17.0. The number of benzene rings is 1. The third-order valence-corrected chi connectivity index (χ3v) is 3.69. The smallest absolute Gasteiger partial charge is 0.326 e. The van der Waals surface area contributed by atoms with Crippen molar-refractivity contribution in [1.29, 1.82) is 0 Å². The van der Waals surface area contributed by atoms with Crippen LogP contribution in [-0.2, 0) is 4.79 Å². The molecular weight excluding hydrogens is 296 g/mol. The number of carboxylic acid groups (broad SMARTS) is 1. The molecular formula is C13H16N2O5S. The van der Waals surface area contributed by atoms with Crippen LogP contribution in [0.3, 0.4) is 0 Å². The minimum absolute atomic E-state index is 0.121. The Kier molecular flexibility index (Phi) is 6.16. The molecule has 0 fully saturated rings. The van der Waals surface area contributed by atoms with Crippen molar-refractivity contribution in [3.63, 3.8) is 0 Å². The van der Waals surface area contributed by atoms with Gasteiger partial charge in [0.15, 0.2) is 0 Å². The summed E-state index contributed by atoms with van der Waals surface area (Å²) < 4.78 is 0. The van der Waals surface area contributed by atoms with Crippen LogP contribution in [0.4, 0.5) is 5.69 Å². The minimum Gasteiger partial charge on any atom is -0.480 e. The molecule has 1 atom stereocenters. The topological polar surface area (TPSA) is 110 Å². The number of thioether (sulfide) groups is 1. The molecule has 0 aliphatic heterocycles. The van der Waals surface area contributed by atoms with Gasteiger partial charge in [0.05, 0.1) is 10.5 Å². The molecule has 7 nitrogen and oxygen atoms in total. The molecule has 1 amide bonds. The summed E-state index contributed by atoms with van der Waals surface area (Å²) in [5, 5.41) is 22.1. The molecule has 0 aliphatic rings. The Morgan fingerprint density at radius 1 is 1.43 bits per heavy atom. The Hall–Kier alpha value is -2.09. The molecule has 1 rings (SSSR count). The number of carbonyl (C=O) groups is 2. The molecule has 0 saturated heterocycles. The number of carbonyl (C=O) groups excluding carboxylic acids is 1. The molecule has 0 aromatic heterocycles. The van der Waals surface area contributed by atoms with Gasteiger partial charge >= 0.3 is 5.97 Å². The average Bonchev–Trinajstić information content (AvgIpc) is 2.44. The molecule has 0 saturated carbocycles. The van der Waals surface area contributed by atoms with Crippen LogP contribution >= 0.6 is 11.8 Å². The van der Waals surface area contributed by atoms with E-state index in [1.165, 1.54) is 30.0 Å². The predicted molar refractivity (Wildman–Crippen MR) is 78.7 cm³/mol. The highest BCUT2D eigenvalue weighted by molar-refractivity contribution is 7.99. The van der Waals surface area contributed by atoms with Crippen molar-refractivity contribution >= 4 is 29.3 Å². The molecule has 1 aromatic carbocycles. The molecule has 114 valence electrons. The monoisotopic (exact) mass is 312 g/mol. The Morgan fingerprint density at radius 2 is 2.10 bits per heavy atom. The molecule has 1 unspecified atom stereocenters. The number of hydrogen-bond acceptors (Lipinski definition) is 5. The normalized spacial score (nSPS) is 11.7. The first-order valence-corrected chi connectivity index (χ1v) is 7.34. The van der Waals surface area contributed by atoms with Gasteiger partial charge < -0.3 is 10.4 Å². The second kappa shape index (κ2) is 7.63. The minimum atomic E-state index is -1.14. The Labute approximate surface area is 125 Å². The molecule has 0 heterocycles. The summed E-state index contributed by atoms with van der Waals surface area (Å²) in [5.41, 5.74) is -0.0836. The van der Waals surface area contributed by atoms with E-state index in [0.29, 0.717) is 10.6 Å². The molecule has 0 spiro atoms. The van der Waals surface area contributed by atoms with E-state index in [0.717, 1.165) is 0 Å². The van der Waals surface area contributed by atoms with Crippen molar-refractivity contribution in [2.45, 2.75) is 31.2 Å². The largest absolute Gasteiger partial charge is 0.480 e. The molecule has 0 bridgehead atoms. The van der Waals surface area contributed by atoms with Gasteiger partial charge in [0.1, 0.15) is 6.04 Å². The fraction of sp³-hybridized carbons (Fsp3) is 0.385. The summed E-state index contributed by atoms with van der Waals surface area (Å²) in [6.07, 6.45) is 0.228. The van der Waals surface area contributed by atoms with Crippen molar-refractivity contribution in [1.82, 2.24) is 5.32 Å². The number of carboxylic acids is 1. The van der Waals surface area contributed by atoms with Crippen molar-refractivity contribution in [2.75, 3.05) is 5.75 Å². The maximum Gasteiger partial charge on any atom is 0.326 e. The first-order chi connectivity index (χ1) is 9.90. The summed E-state index contributed by atoms with van der Waals surface area (Å²) in [5.74, 6) is -1.07. The first-order valence-electron chi connectivity index (χ1n) is 6.35. The highest BCUT2D eigenvalue weighted by Gasteiger charge is 2.22. The van der Waals surface area contributed by atoms with E-state index in [9.17, 15) is 19.7 Å². The summed E-state index contributed by atoms with van der Waals surface area (Å²) in [7, 11) is 0. The van der Waals surface area contributed by atoms with E-state index in [1.807, 2.05) is 6.92 Å². The van der Waals surface area contributed by atoms with Gasteiger partial charge in [0.2, 0.25) is 0 Å². The van der Waals surface area contributed by atoms with E-state index in [2.05, 4.69) is 5.32 Å².